The highest BCUT2D eigenvalue weighted by Crippen LogP contribution is 2.23. The van der Waals surface area contributed by atoms with Crippen LogP contribution in [0.5, 0.6) is 0 Å². The number of hydrogen-bond donors (Lipinski definition) is 0. The molecule has 2 nitrogen and oxygen atoms in total. The molecule has 0 spiro atoms. The summed E-state index contributed by atoms with van der Waals surface area (Å²) in [7, 11) is 0. The van der Waals surface area contributed by atoms with Gasteiger partial charge in [0.25, 0.3) is 0 Å². The molecule has 0 bridgehead atoms. The van der Waals surface area contributed by atoms with E-state index >= 15 is 0 Å². The summed E-state index contributed by atoms with van der Waals surface area (Å²) in [6.45, 7) is 2.12. The topological polar surface area (TPSA) is 26.3 Å². The number of hydrogen-bond acceptors (Lipinski definition) is 3. The maximum Gasteiger partial charge on any atom is 0.330 e. The zero-order valence-corrected chi connectivity index (χ0v) is 10.9. The average molecular weight is 275 g/mol. The number of carbonyl (C=O) groups excluding carboxylic acids is 1. The lowest BCUT2D eigenvalue weighted by Crippen LogP contribution is -1.98. The maximum absolute atomic E-state index is 12.9. The van der Waals surface area contributed by atoms with Crippen LogP contribution >= 0.6 is 23.4 Å². The quantitative estimate of drug-likeness (QED) is 0.465. The predicted octanol–water partition coefficient (Wildman–Crippen LogP) is 3.69. The minimum Gasteiger partial charge on any atom is -0.463 e. The van der Waals surface area contributed by atoms with Crippen LogP contribution in [-0.2, 0) is 9.53 Å². The van der Waals surface area contributed by atoms with Crippen LogP contribution in [0.15, 0.2) is 35.2 Å². The molecule has 0 amide bonds. The Morgan fingerprint density at radius 1 is 1.59 bits per heavy atom. The van der Waals surface area contributed by atoms with Gasteiger partial charge in [-0.1, -0.05) is 17.7 Å². The minimum atomic E-state index is -0.432. The largest absolute Gasteiger partial charge is 0.463 e. The van der Waals surface area contributed by atoms with Crippen molar-refractivity contribution in [3.8, 4) is 0 Å². The van der Waals surface area contributed by atoms with Crippen LogP contribution in [-0.4, -0.2) is 18.3 Å². The summed E-state index contributed by atoms with van der Waals surface area (Å²) in [6.07, 6.45) is 3.07. The van der Waals surface area contributed by atoms with Crippen molar-refractivity contribution in [2.75, 3.05) is 12.4 Å². The Labute approximate surface area is 109 Å². The summed E-state index contributed by atoms with van der Waals surface area (Å²) in [5.74, 6) is -0.191. The van der Waals surface area contributed by atoms with E-state index in [0.717, 1.165) is 4.90 Å². The molecular formula is C12H12ClFO2S. The van der Waals surface area contributed by atoms with Gasteiger partial charge >= 0.3 is 5.97 Å². The second-order valence-electron chi connectivity index (χ2n) is 3.04. The molecule has 0 radical (unpaired) electrons. The Balaban J connectivity index is 2.40. The summed E-state index contributed by atoms with van der Waals surface area (Å²) in [4.78, 5) is 11.8. The van der Waals surface area contributed by atoms with Gasteiger partial charge in [-0.3, -0.25) is 0 Å². The van der Waals surface area contributed by atoms with E-state index in [1.165, 1.54) is 23.9 Å². The van der Waals surface area contributed by atoms with Crippen molar-refractivity contribution in [3.63, 3.8) is 0 Å². The minimum absolute atomic E-state index is 0.101. The molecule has 0 aromatic heterocycles. The molecule has 0 fully saturated rings. The molecule has 0 unspecified atom stereocenters. The van der Waals surface area contributed by atoms with Crippen molar-refractivity contribution in [3.05, 3.63) is 41.2 Å². The number of benzene rings is 1. The molecule has 92 valence electrons. The lowest BCUT2D eigenvalue weighted by molar-refractivity contribution is -0.137. The van der Waals surface area contributed by atoms with Crippen LogP contribution in [0.4, 0.5) is 4.39 Å². The highest BCUT2D eigenvalue weighted by molar-refractivity contribution is 7.99. The van der Waals surface area contributed by atoms with Crippen molar-refractivity contribution in [1.29, 1.82) is 0 Å². The van der Waals surface area contributed by atoms with E-state index in [4.69, 9.17) is 16.3 Å². The number of halogens is 2. The van der Waals surface area contributed by atoms with Crippen LogP contribution in [0, 0.1) is 5.82 Å². The van der Waals surface area contributed by atoms with Crippen molar-refractivity contribution in [1.82, 2.24) is 0 Å². The van der Waals surface area contributed by atoms with Crippen LogP contribution in [0.25, 0.3) is 0 Å². The first-order valence-electron chi connectivity index (χ1n) is 5.04. The van der Waals surface area contributed by atoms with Crippen molar-refractivity contribution in [2.45, 2.75) is 11.8 Å². The number of thioether (sulfide) groups is 1. The van der Waals surface area contributed by atoms with Gasteiger partial charge in [-0.15, -0.1) is 11.8 Å². The third kappa shape index (κ3) is 5.24. The number of carbonyl (C=O) groups is 1. The molecule has 1 aromatic rings. The highest BCUT2D eigenvalue weighted by atomic mass is 35.5. The van der Waals surface area contributed by atoms with Crippen LogP contribution < -0.4 is 0 Å². The molecule has 0 saturated carbocycles. The van der Waals surface area contributed by atoms with E-state index in [2.05, 4.69) is 0 Å². The molecule has 17 heavy (non-hydrogen) atoms. The first kappa shape index (κ1) is 14.1. The van der Waals surface area contributed by atoms with E-state index in [9.17, 15) is 9.18 Å². The van der Waals surface area contributed by atoms with Gasteiger partial charge in [-0.2, -0.15) is 0 Å². The third-order valence-corrected chi connectivity index (χ3v) is 3.01. The van der Waals surface area contributed by atoms with Gasteiger partial charge in [0.15, 0.2) is 0 Å². The molecule has 0 aliphatic carbocycles. The summed E-state index contributed by atoms with van der Waals surface area (Å²) in [5, 5.41) is 0.101. The van der Waals surface area contributed by atoms with Gasteiger partial charge in [-0.05, 0) is 25.1 Å². The SMILES string of the molecule is CCOC(=O)/C=C/CSc1ccc(F)c(Cl)c1. The van der Waals surface area contributed by atoms with Crippen LogP contribution in [0.1, 0.15) is 6.92 Å². The Hall–Kier alpha value is -1.00. The fourth-order valence-corrected chi connectivity index (χ4v) is 2.04. The van der Waals surface area contributed by atoms with Crippen molar-refractivity contribution in [2.24, 2.45) is 0 Å². The Kier molecular flexibility index (Phi) is 6.08. The predicted molar refractivity (Wildman–Crippen MR) is 67.9 cm³/mol. The third-order valence-electron chi connectivity index (χ3n) is 1.78. The molecule has 0 aliphatic heterocycles. The Bertz CT molecular complexity index is 421. The second kappa shape index (κ2) is 7.35. The normalized spacial score (nSPS) is 10.8. The molecule has 0 N–H and O–H groups in total. The fourth-order valence-electron chi connectivity index (χ4n) is 1.05. The standard InChI is InChI=1S/C12H12ClFO2S/c1-2-16-12(15)4-3-7-17-9-5-6-11(14)10(13)8-9/h3-6,8H,2,7H2,1H3/b4-3+. The first-order chi connectivity index (χ1) is 8.13. The monoisotopic (exact) mass is 274 g/mol. The van der Waals surface area contributed by atoms with Crippen LogP contribution in [0.2, 0.25) is 5.02 Å². The van der Waals surface area contributed by atoms with Gasteiger partial charge < -0.3 is 4.74 Å². The average Bonchev–Trinajstić information content (AvgIpc) is 2.29. The lowest BCUT2D eigenvalue weighted by atomic mass is 10.3. The van der Waals surface area contributed by atoms with Crippen molar-refractivity contribution >= 4 is 29.3 Å². The lowest BCUT2D eigenvalue weighted by Gasteiger charge is -2.00. The molecule has 0 aliphatic rings. The zero-order chi connectivity index (χ0) is 12.7. The van der Waals surface area contributed by atoms with Gasteiger partial charge in [0.1, 0.15) is 5.82 Å². The summed E-state index contributed by atoms with van der Waals surface area (Å²) >= 11 is 7.10. The van der Waals surface area contributed by atoms with E-state index in [-0.39, 0.29) is 11.0 Å². The van der Waals surface area contributed by atoms with Crippen molar-refractivity contribution < 1.29 is 13.9 Å². The van der Waals surface area contributed by atoms with E-state index in [0.29, 0.717) is 12.4 Å². The zero-order valence-electron chi connectivity index (χ0n) is 9.28. The molecule has 0 saturated heterocycles. The number of ether oxygens (including phenoxy) is 1. The smallest absolute Gasteiger partial charge is 0.330 e. The summed E-state index contributed by atoms with van der Waals surface area (Å²) in [5.41, 5.74) is 0. The molecular weight excluding hydrogens is 263 g/mol. The van der Waals surface area contributed by atoms with E-state index in [1.54, 1.807) is 25.1 Å². The summed E-state index contributed by atoms with van der Waals surface area (Å²) in [6, 6.07) is 4.52. The number of esters is 1. The maximum atomic E-state index is 12.9. The molecule has 1 rings (SSSR count). The molecule has 5 heteroatoms. The van der Waals surface area contributed by atoms with E-state index < -0.39 is 5.82 Å². The van der Waals surface area contributed by atoms with Gasteiger partial charge in [0.2, 0.25) is 0 Å². The molecule has 0 atom stereocenters. The second-order valence-corrected chi connectivity index (χ2v) is 4.54. The molecule has 1 aromatic carbocycles. The van der Waals surface area contributed by atoms with E-state index in [1.807, 2.05) is 0 Å². The van der Waals surface area contributed by atoms with Gasteiger partial charge in [0.05, 0.1) is 11.6 Å². The fraction of sp³-hybridized carbons (Fsp3) is 0.250. The Morgan fingerprint density at radius 2 is 2.35 bits per heavy atom. The van der Waals surface area contributed by atoms with Gasteiger partial charge in [-0.25, -0.2) is 9.18 Å². The summed E-state index contributed by atoms with van der Waals surface area (Å²) < 4.78 is 17.6. The molecule has 0 heterocycles. The number of rotatable bonds is 5. The van der Waals surface area contributed by atoms with Crippen LogP contribution in [0.3, 0.4) is 0 Å². The Morgan fingerprint density at radius 3 is 3.00 bits per heavy atom. The van der Waals surface area contributed by atoms with Gasteiger partial charge in [0, 0.05) is 16.7 Å². The first-order valence-corrected chi connectivity index (χ1v) is 6.41. The highest BCUT2D eigenvalue weighted by Gasteiger charge is 2.00.